The molecule has 5 N–H and O–H groups in total. The van der Waals surface area contributed by atoms with Gasteiger partial charge in [-0.3, -0.25) is 9.59 Å². The van der Waals surface area contributed by atoms with Crippen molar-refractivity contribution < 1.29 is 86.8 Å². The number of ether oxygens (including phenoxy) is 11. The second-order valence-corrected chi connectivity index (χ2v) is 19.5. The third kappa shape index (κ3) is 7.36. The largest absolute Gasteiger partial charge is 0.506 e. The van der Waals surface area contributed by atoms with Crippen molar-refractivity contribution in [2.45, 2.75) is 170 Å². The van der Waals surface area contributed by atoms with Gasteiger partial charge >= 0.3 is 0 Å². The minimum atomic E-state index is -1.53. The van der Waals surface area contributed by atoms with Crippen LogP contribution in [0.4, 0.5) is 0 Å². The molecule has 6 aliphatic heterocycles. The Labute approximate surface area is 390 Å². The molecule has 3 aromatic rings. The van der Waals surface area contributed by atoms with Gasteiger partial charge in [0, 0.05) is 76.0 Å². The lowest BCUT2D eigenvalue weighted by Crippen LogP contribution is -2.55. The number of aliphatic hydroxyl groups excluding tert-OH is 3. The van der Waals surface area contributed by atoms with E-state index < -0.39 is 103 Å². The fraction of sp³-hybridized carbons (Fsp3) is 0.667. The fourth-order valence-corrected chi connectivity index (χ4v) is 11.9. The van der Waals surface area contributed by atoms with Crippen molar-refractivity contribution in [3.63, 3.8) is 0 Å². The normalized spacial score (nSPS) is 38.6. The molecule has 7 heterocycles. The molecule has 1 amide bonds. The van der Waals surface area contributed by atoms with Gasteiger partial charge in [-0.15, -0.1) is 0 Å². The number of benzene rings is 2. The van der Waals surface area contributed by atoms with Crippen LogP contribution in [0, 0.1) is 0 Å². The van der Waals surface area contributed by atoms with Crippen LogP contribution in [0.5, 0.6) is 17.2 Å². The van der Waals surface area contributed by atoms with E-state index in [1.54, 1.807) is 26.0 Å². The first-order valence-electron chi connectivity index (χ1n) is 23.6. The number of hydrogen-bond donors (Lipinski definition) is 5. The van der Waals surface area contributed by atoms with Crippen molar-refractivity contribution in [3.05, 3.63) is 49.9 Å². The third-order valence-electron chi connectivity index (χ3n) is 15.4. The lowest BCUT2D eigenvalue weighted by atomic mass is 9.77. The van der Waals surface area contributed by atoms with E-state index in [0.29, 0.717) is 61.9 Å². The molecule has 1 aromatic heterocycles. The van der Waals surface area contributed by atoms with E-state index in [0.717, 1.165) is 0 Å². The number of hydrogen-bond acceptors (Lipinski definition) is 19. The van der Waals surface area contributed by atoms with Crippen molar-refractivity contribution in [2.75, 3.05) is 34.2 Å². The molecule has 2 aliphatic carbocycles. The molecule has 20 heteroatoms. The van der Waals surface area contributed by atoms with Crippen LogP contribution in [-0.2, 0) is 60.2 Å². The van der Waals surface area contributed by atoms with E-state index in [-0.39, 0.29) is 82.3 Å². The summed E-state index contributed by atoms with van der Waals surface area (Å²) in [5, 5.41) is 57.6. The predicted molar refractivity (Wildman–Crippen MR) is 232 cm³/mol. The Morgan fingerprint density at radius 1 is 0.765 bits per heavy atom. The number of phenols is 2. The topological polar surface area (TPSA) is 253 Å². The van der Waals surface area contributed by atoms with Gasteiger partial charge in [-0.25, -0.2) is 0 Å². The minimum Gasteiger partial charge on any atom is -0.506 e. The summed E-state index contributed by atoms with van der Waals surface area (Å²) in [6.45, 7) is 7.81. The number of nitrogens with zero attached hydrogens (tertiary/aromatic N) is 1. The van der Waals surface area contributed by atoms with Gasteiger partial charge in [0.1, 0.15) is 46.7 Å². The van der Waals surface area contributed by atoms with Crippen LogP contribution in [0.25, 0.3) is 22.1 Å². The maximum atomic E-state index is 14.6. The van der Waals surface area contributed by atoms with Gasteiger partial charge in [-0.2, -0.15) is 0 Å². The van der Waals surface area contributed by atoms with Crippen LogP contribution in [-0.4, -0.2) is 150 Å². The van der Waals surface area contributed by atoms with Gasteiger partial charge in [0.25, 0.3) is 5.91 Å². The number of aliphatic hydroxyl groups is 3. The zero-order chi connectivity index (χ0) is 47.7. The maximum absolute atomic E-state index is 14.6. The van der Waals surface area contributed by atoms with E-state index in [4.69, 9.17) is 56.5 Å². The van der Waals surface area contributed by atoms with E-state index >= 15 is 0 Å². The SMILES string of the molecule is CO[C@H]1CC(O[C@H]2[C@H](C)OC(O[C@H]3CCC(OC4CC(O)c5c(oc6c7c8c(c(O)c6c5=O)-c5c(cc6c(c5O)C(=O)N5CCOC5(C)C6)CC8OCO7)C4O)O[C@@H]3C)C[C@@H]2OC)O[C@@H](C)[C@@H]1O. The summed E-state index contributed by atoms with van der Waals surface area (Å²) in [7, 11) is 3.15. The number of carbonyl (C=O) groups is 1. The van der Waals surface area contributed by atoms with Crippen molar-refractivity contribution in [2.24, 2.45) is 0 Å². The highest BCUT2D eigenvalue weighted by atomic mass is 16.7. The highest BCUT2D eigenvalue weighted by Gasteiger charge is 2.51. The zero-order valence-electron chi connectivity index (χ0n) is 38.7. The monoisotopic (exact) mass is 953 g/mol. The second kappa shape index (κ2) is 17.4. The van der Waals surface area contributed by atoms with Gasteiger partial charge in [-0.1, -0.05) is 6.07 Å². The molecule has 0 radical (unpaired) electrons. The fourth-order valence-electron chi connectivity index (χ4n) is 11.9. The molecule has 0 saturated carbocycles. The average molecular weight is 954 g/mol. The lowest BCUT2D eigenvalue weighted by Gasteiger charge is -2.45. The highest BCUT2D eigenvalue weighted by molar-refractivity contribution is 6.06. The molecule has 0 spiro atoms. The standard InChI is InChI=1S/C48H59NO19/c1-18-24(65-30-15-28(58-6)43(20(3)64-30)67-31-14-26(57-5)38(51)19(2)63-31)7-8-29(62-18)66-27-13-23(50)34-41(54)37-42(55)36-32-21(11-22-16-48(4)49(9-10-61-48)47(56)33(22)40(32)53)12-25-35(36)45(60-17-59-25)46(37)68-44(34)39(27)52/h11,18-20,23-31,38-39,43,50-53,55H,7-10,12-17H2,1-6H3/t18-,19+,20+,23?,24+,25?,26+,27?,28+,29?,30?,31?,38+,39?,43+,48?/m1/s1. The van der Waals surface area contributed by atoms with Gasteiger partial charge in [0.05, 0.1) is 72.7 Å². The molecule has 20 nitrogen and oxygen atoms in total. The van der Waals surface area contributed by atoms with Crippen LogP contribution >= 0.6 is 0 Å². The molecule has 4 saturated heterocycles. The first-order chi connectivity index (χ1) is 32.6. The average Bonchev–Trinajstić information content (AvgIpc) is 3.70. The number of methoxy groups -OCH3 is 2. The first kappa shape index (κ1) is 46.4. The number of phenolic OH excluding ortho intramolecular Hbond substituents is 2. The number of aromatic hydroxyl groups is 2. The van der Waals surface area contributed by atoms with Crippen molar-refractivity contribution in [3.8, 4) is 28.4 Å². The van der Waals surface area contributed by atoms with Gasteiger partial charge < -0.3 is 87.0 Å². The minimum absolute atomic E-state index is 0.0617. The molecular formula is C48H59NO19. The Bertz CT molecular complexity index is 2550. The van der Waals surface area contributed by atoms with E-state index in [9.17, 15) is 35.1 Å². The summed E-state index contributed by atoms with van der Waals surface area (Å²) in [4.78, 5) is 30.0. The Morgan fingerprint density at radius 2 is 1.49 bits per heavy atom. The Morgan fingerprint density at radius 3 is 2.25 bits per heavy atom. The van der Waals surface area contributed by atoms with Crippen molar-refractivity contribution in [1.82, 2.24) is 4.90 Å². The van der Waals surface area contributed by atoms with E-state index in [1.807, 2.05) is 26.8 Å². The maximum Gasteiger partial charge on any atom is 0.260 e. The summed E-state index contributed by atoms with van der Waals surface area (Å²) in [5.41, 5.74) is -0.241. The predicted octanol–water partition coefficient (Wildman–Crippen LogP) is 3.39. The molecule has 11 rings (SSSR count). The molecule has 8 unspecified atom stereocenters. The van der Waals surface area contributed by atoms with Crippen molar-refractivity contribution >= 4 is 16.9 Å². The molecule has 4 fully saturated rings. The van der Waals surface area contributed by atoms with Crippen LogP contribution in [0.1, 0.15) is 116 Å². The summed E-state index contributed by atoms with van der Waals surface area (Å²) < 4.78 is 73.2. The molecule has 8 aliphatic rings. The quantitative estimate of drug-likeness (QED) is 0.217. The number of rotatable bonds is 8. The number of fused-ring (bicyclic) bond motifs is 7. The molecule has 370 valence electrons. The molecule has 16 atom stereocenters. The van der Waals surface area contributed by atoms with Gasteiger partial charge in [0.2, 0.25) is 5.43 Å². The van der Waals surface area contributed by atoms with Crippen LogP contribution in [0.3, 0.4) is 0 Å². The Balaban J connectivity index is 0.805. The zero-order valence-corrected chi connectivity index (χ0v) is 38.7. The summed E-state index contributed by atoms with van der Waals surface area (Å²) in [6.07, 6.45) is -8.73. The van der Waals surface area contributed by atoms with Crippen LogP contribution < -0.4 is 10.2 Å². The number of amides is 1. The molecular weight excluding hydrogens is 895 g/mol. The number of carbonyl (C=O) groups excluding carboxylic acids is 1. The molecule has 0 bridgehead atoms. The molecule has 68 heavy (non-hydrogen) atoms. The van der Waals surface area contributed by atoms with Crippen LogP contribution in [0.2, 0.25) is 0 Å². The summed E-state index contributed by atoms with van der Waals surface area (Å²) >= 11 is 0. The van der Waals surface area contributed by atoms with E-state index in [1.165, 1.54) is 0 Å². The van der Waals surface area contributed by atoms with Crippen molar-refractivity contribution in [1.29, 1.82) is 0 Å². The highest BCUT2D eigenvalue weighted by Crippen LogP contribution is 2.58. The third-order valence-corrected chi connectivity index (χ3v) is 15.4. The second-order valence-electron chi connectivity index (χ2n) is 19.5. The first-order valence-corrected chi connectivity index (χ1v) is 23.6. The van der Waals surface area contributed by atoms with Gasteiger partial charge in [0.15, 0.2) is 37.0 Å². The molecule has 2 aromatic carbocycles. The smallest absolute Gasteiger partial charge is 0.260 e. The lowest BCUT2D eigenvalue weighted by molar-refractivity contribution is -0.330. The summed E-state index contributed by atoms with van der Waals surface area (Å²) in [6, 6.07) is 1.83. The summed E-state index contributed by atoms with van der Waals surface area (Å²) in [5.74, 6) is -1.46. The van der Waals surface area contributed by atoms with Gasteiger partial charge in [-0.05, 0) is 45.2 Å². The van der Waals surface area contributed by atoms with E-state index in [2.05, 4.69) is 0 Å². The Hall–Kier alpha value is -4.00. The van der Waals surface area contributed by atoms with Crippen LogP contribution in [0.15, 0.2) is 15.3 Å². The Kier molecular flexibility index (Phi) is 11.9.